The molecular weight excluding hydrogens is 208 g/mol. The summed E-state index contributed by atoms with van der Waals surface area (Å²) in [6.45, 7) is 2.09. The summed E-state index contributed by atoms with van der Waals surface area (Å²) in [6, 6.07) is 16.2. The van der Waals surface area contributed by atoms with Crippen LogP contribution < -0.4 is 0 Å². The van der Waals surface area contributed by atoms with Gasteiger partial charge in [0.25, 0.3) is 0 Å². The second kappa shape index (κ2) is 3.98. The molecule has 0 unspecified atom stereocenters. The van der Waals surface area contributed by atoms with E-state index in [1.54, 1.807) is 0 Å². The van der Waals surface area contributed by atoms with Crippen molar-refractivity contribution in [1.82, 2.24) is 9.97 Å². The van der Waals surface area contributed by atoms with Crippen molar-refractivity contribution in [1.29, 1.82) is 0 Å². The van der Waals surface area contributed by atoms with E-state index in [2.05, 4.69) is 29.0 Å². The smallest absolute Gasteiger partial charge is 0.0895 e. The number of hydrogen-bond donors (Lipinski definition) is 0. The van der Waals surface area contributed by atoms with Crippen LogP contribution in [-0.4, -0.2) is 9.97 Å². The molecule has 0 aliphatic rings. The highest BCUT2D eigenvalue weighted by Gasteiger charge is 2.04. The Kier molecular flexibility index (Phi) is 2.33. The van der Waals surface area contributed by atoms with Crippen molar-refractivity contribution in [3.8, 4) is 11.3 Å². The fourth-order valence-electron chi connectivity index (χ4n) is 1.95. The average molecular weight is 220 g/mol. The van der Waals surface area contributed by atoms with Crippen LogP contribution in [0.15, 0.2) is 54.7 Å². The van der Waals surface area contributed by atoms with E-state index in [0.29, 0.717) is 0 Å². The van der Waals surface area contributed by atoms with E-state index in [4.69, 9.17) is 0 Å². The Labute approximate surface area is 100.0 Å². The first-order valence-electron chi connectivity index (χ1n) is 5.62. The van der Waals surface area contributed by atoms with Crippen LogP contribution in [0.25, 0.3) is 22.3 Å². The lowest BCUT2D eigenvalue weighted by atomic mass is 10.1. The Bertz CT molecular complexity index is 674. The molecule has 0 bridgehead atoms. The summed E-state index contributed by atoms with van der Waals surface area (Å²) in [6.07, 6.45) is 1.84. The number of para-hydroxylation sites is 2. The molecule has 0 radical (unpaired) electrons. The van der Waals surface area contributed by atoms with Crippen LogP contribution in [0, 0.1) is 6.92 Å². The lowest BCUT2D eigenvalue weighted by molar-refractivity contribution is 1.28. The molecule has 0 saturated carbocycles. The van der Waals surface area contributed by atoms with Crippen LogP contribution in [-0.2, 0) is 0 Å². The molecule has 0 amide bonds. The van der Waals surface area contributed by atoms with Crippen LogP contribution in [0.5, 0.6) is 0 Å². The van der Waals surface area contributed by atoms with Crippen LogP contribution >= 0.6 is 0 Å². The number of benzene rings is 2. The van der Waals surface area contributed by atoms with Gasteiger partial charge in [-0.05, 0) is 24.6 Å². The van der Waals surface area contributed by atoms with Gasteiger partial charge in [-0.2, -0.15) is 0 Å². The molecule has 17 heavy (non-hydrogen) atoms. The molecule has 0 spiro atoms. The van der Waals surface area contributed by atoms with Gasteiger partial charge in [0, 0.05) is 5.56 Å². The SMILES string of the molecule is Cc1ccccc1-c1cnc2ccccc2n1. The van der Waals surface area contributed by atoms with Crippen molar-refractivity contribution >= 4 is 11.0 Å². The fraction of sp³-hybridized carbons (Fsp3) is 0.0667. The van der Waals surface area contributed by atoms with Crippen LogP contribution in [0.4, 0.5) is 0 Å². The maximum atomic E-state index is 4.64. The minimum Gasteiger partial charge on any atom is -0.252 e. The Morgan fingerprint density at radius 3 is 2.35 bits per heavy atom. The normalized spacial score (nSPS) is 10.6. The van der Waals surface area contributed by atoms with Gasteiger partial charge in [0.2, 0.25) is 0 Å². The molecule has 0 fully saturated rings. The molecular formula is C15H12N2. The lowest BCUT2D eigenvalue weighted by Gasteiger charge is -2.05. The minimum absolute atomic E-state index is 0.932. The second-order valence-corrected chi connectivity index (χ2v) is 4.06. The van der Waals surface area contributed by atoms with Gasteiger partial charge < -0.3 is 0 Å². The molecule has 3 aromatic rings. The zero-order chi connectivity index (χ0) is 11.7. The molecule has 1 aromatic heterocycles. The molecule has 2 heteroatoms. The number of fused-ring (bicyclic) bond motifs is 1. The fourth-order valence-corrected chi connectivity index (χ4v) is 1.95. The van der Waals surface area contributed by atoms with E-state index >= 15 is 0 Å². The lowest BCUT2D eigenvalue weighted by Crippen LogP contribution is -1.90. The van der Waals surface area contributed by atoms with Crippen molar-refractivity contribution in [2.24, 2.45) is 0 Å². The second-order valence-electron chi connectivity index (χ2n) is 4.06. The van der Waals surface area contributed by atoms with Crippen molar-refractivity contribution < 1.29 is 0 Å². The van der Waals surface area contributed by atoms with Crippen LogP contribution in [0.2, 0.25) is 0 Å². The van der Waals surface area contributed by atoms with Gasteiger partial charge in [-0.1, -0.05) is 36.4 Å². The van der Waals surface area contributed by atoms with E-state index in [1.807, 2.05) is 42.6 Å². The van der Waals surface area contributed by atoms with Gasteiger partial charge >= 0.3 is 0 Å². The van der Waals surface area contributed by atoms with Crippen LogP contribution in [0.3, 0.4) is 0 Å². The molecule has 2 nitrogen and oxygen atoms in total. The van der Waals surface area contributed by atoms with E-state index in [-0.39, 0.29) is 0 Å². The van der Waals surface area contributed by atoms with E-state index < -0.39 is 0 Å². The van der Waals surface area contributed by atoms with Gasteiger partial charge in [-0.15, -0.1) is 0 Å². The van der Waals surface area contributed by atoms with Crippen molar-refractivity contribution in [2.75, 3.05) is 0 Å². The molecule has 82 valence electrons. The average Bonchev–Trinajstić information content (AvgIpc) is 2.39. The Morgan fingerprint density at radius 2 is 1.53 bits per heavy atom. The maximum absolute atomic E-state index is 4.64. The number of aryl methyl sites for hydroxylation is 1. The van der Waals surface area contributed by atoms with Crippen molar-refractivity contribution in [3.05, 3.63) is 60.3 Å². The first-order chi connectivity index (χ1) is 8.34. The summed E-state index contributed by atoms with van der Waals surface area (Å²) in [5, 5.41) is 0. The third kappa shape index (κ3) is 1.78. The summed E-state index contributed by atoms with van der Waals surface area (Å²) in [4.78, 5) is 9.08. The molecule has 2 aromatic carbocycles. The predicted molar refractivity (Wildman–Crippen MR) is 69.7 cm³/mol. The van der Waals surface area contributed by atoms with Crippen molar-refractivity contribution in [2.45, 2.75) is 6.92 Å². The molecule has 0 aliphatic heterocycles. The molecule has 0 N–H and O–H groups in total. The number of aromatic nitrogens is 2. The first kappa shape index (κ1) is 9.97. The van der Waals surface area contributed by atoms with Gasteiger partial charge in [-0.25, -0.2) is 4.98 Å². The molecule has 0 atom stereocenters. The van der Waals surface area contributed by atoms with E-state index in [1.165, 1.54) is 5.56 Å². The minimum atomic E-state index is 0.932. The summed E-state index contributed by atoms with van der Waals surface area (Å²) in [5.74, 6) is 0. The standard InChI is InChI=1S/C15H12N2/c1-11-6-2-3-7-12(11)15-10-16-13-8-4-5-9-14(13)17-15/h2-10H,1H3. The first-order valence-corrected chi connectivity index (χ1v) is 5.62. The Hall–Kier alpha value is -2.22. The Balaban J connectivity index is 2.22. The van der Waals surface area contributed by atoms with Gasteiger partial charge in [0.05, 0.1) is 22.9 Å². The van der Waals surface area contributed by atoms with Gasteiger partial charge in [0.15, 0.2) is 0 Å². The third-order valence-electron chi connectivity index (χ3n) is 2.87. The summed E-state index contributed by atoms with van der Waals surface area (Å²) in [7, 11) is 0. The maximum Gasteiger partial charge on any atom is 0.0895 e. The molecule has 0 saturated heterocycles. The van der Waals surface area contributed by atoms with Gasteiger partial charge in [-0.3, -0.25) is 4.98 Å². The number of rotatable bonds is 1. The topological polar surface area (TPSA) is 25.8 Å². The van der Waals surface area contributed by atoms with Crippen LogP contribution in [0.1, 0.15) is 5.56 Å². The third-order valence-corrected chi connectivity index (χ3v) is 2.87. The summed E-state index contributed by atoms with van der Waals surface area (Å²) < 4.78 is 0. The van der Waals surface area contributed by atoms with E-state index in [0.717, 1.165) is 22.3 Å². The quantitative estimate of drug-likeness (QED) is 0.626. The Morgan fingerprint density at radius 1 is 0.824 bits per heavy atom. The summed E-state index contributed by atoms with van der Waals surface area (Å²) in [5.41, 5.74) is 5.17. The number of nitrogens with zero attached hydrogens (tertiary/aromatic N) is 2. The summed E-state index contributed by atoms with van der Waals surface area (Å²) >= 11 is 0. The predicted octanol–water partition coefficient (Wildman–Crippen LogP) is 3.61. The number of hydrogen-bond acceptors (Lipinski definition) is 2. The molecule has 1 heterocycles. The highest BCUT2D eigenvalue weighted by molar-refractivity contribution is 5.77. The largest absolute Gasteiger partial charge is 0.252 e. The molecule has 3 rings (SSSR count). The van der Waals surface area contributed by atoms with E-state index in [9.17, 15) is 0 Å². The highest BCUT2D eigenvalue weighted by Crippen LogP contribution is 2.22. The zero-order valence-corrected chi connectivity index (χ0v) is 9.59. The highest BCUT2D eigenvalue weighted by atomic mass is 14.8. The monoisotopic (exact) mass is 220 g/mol. The van der Waals surface area contributed by atoms with Crippen molar-refractivity contribution in [3.63, 3.8) is 0 Å². The zero-order valence-electron chi connectivity index (χ0n) is 9.59. The van der Waals surface area contributed by atoms with Gasteiger partial charge in [0.1, 0.15) is 0 Å². The molecule has 0 aliphatic carbocycles.